The molecule has 2 heterocycles. The van der Waals surface area contributed by atoms with E-state index in [4.69, 9.17) is 9.52 Å². The zero-order valence-corrected chi connectivity index (χ0v) is 19.0. The molecule has 7 heteroatoms. The van der Waals surface area contributed by atoms with E-state index in [1.165, 1.54) is 5.39 Å². The molecule has 0 radical (unpaired) electrons. The van der Waals surface area contributed by atoms with Crippen molar-refractivity contribution >= 4 is 40.7 Å². The van der Waals surface area contributed by atoms with E-state index < -0.39 is 0 Å². The summed E-state index contributed by atoms with van der Waals surface area (Å²) in [5, 5.41) is 13.2. The predicted octanol–water partition coefficient (Wildman–Crippen LogP) is 4.22. The zero-order chi connectivity index (χ0) is 19.1. The molecule has 0 aliphatic rings. The maximum atomic E-state index is 5.44. The Labute approximate surface area is 183 Å². The smallest absolute Gasteiger partial charge is 0.191 e. The van der Waals surface area contributed by atoms with Crippen LogP contribution in [0.4, 0.5) is 0 Å². The van der Waals surface area contributed by atoms with E-state index in [1.807, 2.05) is 24.4 Å². The highest BCUT2D eigenvalue weighted by Crippen LogP contribution is 2.17. The second-order valence-electron chi connectivity index (χ2n) is 6.27. The van der Waals surface area contributed by atoms with E-state index in [2.05, 4.69) is 53.7 Å². The van der Waals surface area contributed by atoms with E-state index in [-0.39, 0.29) is 24.0 Å². The van der Waals surface area contributed by atoms with E-state index in [1.54, 1.807) is 0 Å². The van der Waals surface area contributed by atoms with E-state index in [0.717, 1.165) is 53.4 Å². The molecular weight excluding hydrogens is 465 g/mol. The first-order valence-corrected chi connectivity index (χ1v) is 9.57. The summed E-state index contributed by atoms with van der Waals surface area (Å²) in [6.07, 6.45) is 3.52. The fraction of sp³-hybridized carbons (Fsp3) is 0.381. The van der Waals surface area contributed by atoms with Crippen molar-refractivity contribution in [3.8, 4) is 0 Å². The molecule has 1 aromatic carbocycles. The summed E-state index contributed by atoms with van der Waals surface area (Å²) >= 11 is 0. The van der Waals surface area contributed by atoms with Crippen LogP contribution < -0.4 is 10.6 Å². The molecule has 0 aliphatic carbocycles. The highest BCUT2D eigenvalue weighted by molar-refractivity contribution is 14.0. The molecule has 0 fully saturated rings. The lowest BCUT2D eigenvalue weighted by Gasteiger charge is -2.12. The van der Waals surface area contributed by atoms with Gasteiger partial charge in [0.2, 0.25) is 0 Å². The van der Waals surface area contributed by atoms with Crippen molar-refractivity contribution in [3.05, 3.63) is 59.2 Å². The van der Waals surface area contributed by atoms with Crippen LogP contribution in [0, 0.1) is 0 Å². The van der Waals surface area contributed by atoms with E-state index in [0.29, 0.717) is 13.1 Å². The lowest BCUT2D eigenvalue weighted by molar-refractivity contribution is 0.380. The molecule has 28 heavy (non-hydrogen) atoms. The molecule has 0 aliphatic heterocycles. The van der Waals surface area contributed by atoms with Gasteiger partial charge in [0.1, 0.15) is 5.76 Å². The topological polar surface area (TPSA) is 75.3 Å². The number of nitrogens with zero attached hydrogens (tertiary/aromatic N) is 3. The number of rotatable bonds is 7. The third-order valence-corrected chi connectivity index (χ3v) is 4.53. The number of benzene rings is 1. The molecule has 2 aromatic heterocycles. The van der Waals surface area contributed by atoms with Gasteiger partial charge in [0, 0.05) is 30.1 Å². The summed E-state index contributed by atoms with van der Waals surface area (Å²) in [6, 6.07) is 10.3. The number of nitrogens with one attached hydrogen (secondary N) is 2. The average Bonchev–Trinajstić information content (AvgIpc) is 3.12. The van der Waals surface area contributed by atoms with Gasteiger partial charge in [0.25, 0.3) is 0 Å². The number of aryl methyl sites for hydroxylation is 2. The van der Waals surface area contributed by atoms with Gasteiger partial charge in [-0.05, 0) is 24.8 Å². The average molecular weight is 493 g/mol. The molecule has 0 unspecified atom stereocenters. The molecule has 0 amide bonds. The fourth-order valence-corrected chi connectivity index (χ4v) is 3.11. The van der Waals surface area contributed by atoms with Gasteiger partial charge in [-0.3, -0.25) is 4.98 Å². The maximum Gasteiger partial charge on any atom is 0.191 e. The van der Waals surface area contributed by atoms with Crippen LogP contribution in [0.2, 0.25) is 0 Å². The van der Waals surface area contributed by atoms with Crippen LogP contribution in [-0.4, -0.2) is 22.6 Å². The van der Waals surface area contributed by atoms with Crippen LogP contribution in [0.1, 0.15) is 43.5 Å². The second kappa shape index (κ2) is 11.0. The highest BCUT2D eigenvalue weighted by atomic mass is 127. The Kier molecular flexibility index (Phi) is 8.69. The maximum absolute atomic E-state index is 5.44. The quantitative estimate of drug-likeness (QED) is 0.293. The van der Waals surface area contributed by atoms with Crippen LogP contribution in [-0.2, 0) is 25.9 Å². The molecule has 0 bridgehead atoms. The van der Waals surface area contributed by atoms with Gasteiger partial charge >= 0.3 is 0 Å². The van der Waals surface area contributed by atoms with Gasteiger partial charge in [0.15, 0.2) is 5.96 Å². The lowest BCUT2D eigenvalue weighted by atomic mass is 10.1. The summed E-state index contributed by atoms with van der Waals surface area (Å²) in [5.74, 6) is 1.68. The number of aromatic nitrogens is 2. The Bertz CT molecular complexity index is 895. The van der Waals surface area contributed by atoms with Crippen LogP contribution in [0.25, 0.3) is 10.8 Å². The van der Waals surface area contributed by atoms with Crippen LogP contribution in [0.15, 0.2) is 46.0 Å². The Hall–Kier alpha value is -2.16. The summed E-state index contributed by atoms with van der Waals surface area (Å²) in [7, 11) is 0. The van der Waals surface area contributed by atoms with Gasteiger partial charge in [-0.1, -0.05) is 43.3 Å². The highest BCUT2D eigenvalue weighted by Gasteiger charge is 2.13. The molecule has 150 valence electrons. The SMILES string of the molecule is CCNC(=NCc1c(CC)noc1CC)NCc1nccc2ccccc12.I. The number of fused-ring (bicyclic) bond motifs is 1. The minimum Gasteiger partial charge on any atom is -0.361 e. The Balaban J connectivity index is 0.00000280. The molecule has 3 aromatic rings. The van der Waals surface area contributed by atoms with Crippen LogP contribution in [0.5, 0.6) is 0 Å². The number of pyridine rings is 1. The zero-order valence-electron chi connectivity index (χ0n) is 16.7. The summed E-state index contributed by atoms with van der Waals surface area (Å²) in [4.78, 5) is 9.27. The standard InChI is InChI=1S/C21H27N5O.HI/c1-4-18-17(20(5-2)27-26-18)13-24-21(22-6-3)25-14-19-16-10-8-7-9-15(16)11-12-23-19;/h7-12H,4-6,13-14H2,1-3H3,(H2,22,24,25);1H. The van der Waals surface area contributed by atoms with Gasteiger partial charge in [-0.2, -0.15) is 0 Å². The monoisotopic (exact) mass is 493 g/mol. The van der Waals surface area contributed by atoms with Crippen molar-refractivity contribution in [1.29, 1.82) is 0 Å². The molecule has 0 saturated heterocycles. The number of aliphatic imine (C=N–C) groups is 1. The normalized spacial score (nSPS) is 11.3. The third-order valence-electron chi connectivity index (χ3n) is 4.53. The minimum absolute atomic E-state index is 0. The van der Waals surface area contributed by atoms with Crippen molar-refractivity contribution in [2.45, 2.75) is 46.7 Å². The third kappa shape index (κ3) is 5.21. The number of halogens is 1. The van der Waals surface area contributed by atoms with Crippen molar-refractivity contribution in [2.24, 2.45) is 4.99 Å². The van der Waals surface area contributed by atoms with Gasteiger partial charge in [-0.25, -0.2) is 4.99 Å². The largest absolute Gasteiger partial charge is 0.361 e. The Morgan fingerprint density at radius 2 is 1.86 bits per heavy atom. The van der Waals surface area contributed by atoms with E-state index in [9.17, 15) is 0 Å². The minimum atomic E-state index is 0. The Morgan fingerprint density at radius 3 is 2.61 bits per heavy atom. The van der Waals surface area contributed by atoms with Crippen molar-refractivity contribution in [2.75, 3.05) is 6.54 Å². The molecular formula is C21H28IN5O. The van der Waals surface area contributed by atoms with Gasteiger partial charge in [-0.15, -0.1) is 24.0 Å². The first-order valence-electron chi connectivity index (χ1n) is 9.57. The van der Waals surface area contributed by atoms with Crippen LogP contribution in [0.3, 0.4) is 0 Å². The molecule has 2 N–H and O–H groups in total. The summed E-state index contributed by atoms with van der Waals surface area (Å²) in [5.41, 5.74) is 3.09. The summed E-state index contributed by atoms with van der Waals surface area (Å²) in [6.45, 7) is 8.16. The van der Waals surface area contributed by atoms with Crippen LogP contribution >= 0.6 is 24.0 Å². The van der Waals surface area contributed by atoms with Crippen molar-refractivity contribution in [3.63, 3.8) is 0 Å². The molecule has 0 saturated carbocycles. The van der Waals surface area contributed by atoms with Crippen molar-refractivity contribution in [1.82, 2.24) is 20.8 Å². The predicted molar refractivity (Wildman–Crippen MR) is 124 cm³/mol. The first kappa shape index (κ1) is 22.1. The fourth-order valence-electron chi connectivity index (χ4n) is 3.11. The molecule has 3 rings (SSSR count). The Morgan fingerprint density at radius 1 is 1.04 bits per heavy atom. The molecule has 0 atom stereocenters. The number of hydrogen-bond acceptors (Lipinski definition) is 4. The van der Waals surface area contributed by atoms with Crippen molar-refractivity contribution < 1.29 is 4.52 Å². The molecule has 0 spiro atoms. The van der Waals surface area contributed by atoms with Gasteiger partial charge in [0.05, 0.1) is 24.5 Å². The molecule has 6 nitrogen and oxygen atoms in total. The lowest BCUT2D eigenvalue weighted by Crippen LogP contribution is -2.37. The number of hydrogen-bond donors (Lipinski definition) is 2. The summed E-state index contributed by atoms with van der Waals surface area (Å²) < 4.78 is 5.44. The number of guanidine groups is 1. The van der Waals surface area contributed by atoms with E-state index >= 15 is 0 Å². The first-order chi connectivity index (χ1) is 13.3. The van der Waals surface area contributed by atoms with Gasteiger partial charge < -0.3 is 15.2 Å². The second-order valence-corrected chi connectivity index (χ2v) is 6.27.